The number of carbonyl (C=O) groups excluding carboxylic acids is 1. The third-order valence-corrected chi connectivity index (χ3v) is 7.07. The summed E-state index contributed by atoms with van der Waals surface area (Å²) >= 11 is 4.47. The fourth-order valence-electron chi connectivity index (χ4n) is 2.64. The van der Waals surface area contributed by atoms with Gasteiger partial charge in [-0.25, -0.2) is 9.97 Å². The van der Waals surface area contributed by atoms with E-state index >= 15 is 0 Å². The Balaban J connectivity index is 1.51. The van der Waals surface area contributed by atoms with Crippen molar-refractivity contribution in [3.05, 3.63) is 63.3 Å². The Kier molecular flexibility index (Phi) is 5.15. The number of nitrogens with one attached hydrogen (secondary N) is 1. The second-order valence-corrected chi connectivity index (χ2v) is 8.76. The number of rotatable bonds is 5. The maximum atomic E-state index is 12.7. The molecule has 3 aromatic heterocycles. The number of amides is 1. The average Bonchev–Trinajstić information content (AvgIpc) is 3.42. The van der Waals surface area contributed by atoms with Crippen LogP contribution in [0.15, 0.2) is 47.2 Å². The average molecular weight is 412 g/mol. The van der Waals surface area contributed by atoms with Crippen LogP contribution in [0.4, 0.5) is 5.13 Å². The number of aromatic nitrogens is 2. The lowest BCUT2D eigenvalue weighted by molar-refractivity contribution is 0.103. The van der Waals surface area contributed by atoms with Gasteiger partial charge in [0.25, 0.3) is 5.91 Å². The fourth-order valence-corrected chi connectivity index (χ4v) is 5.11. The predicted octanol–water partition coefficient (Wildman–Crippen LogP) is 6.12. The third kappa shape index (κ3) is 3.85. The molecule has 0 bridgehead atoms. The number of thiophene rings is 1. The summed E-state index contributed by atoms with van der Waals surface area (Å²) in [5.74, 6) is -0.157. The minimum atomic E-state index is -0.157. The summed E-state index contributed by atoms with van der Waals surface area (Å²) in [6.07, 6.45) is 1.01. The van der Waals surface area contributed by atoms with E-state index in [0.717, 1.165) is 33.3 Å². The van der Waals surface area contributed by atoms with Gasteiger partial charge in [0.1, 0.15) is 9.88 Å². The molecule has 0 unspecified atom stereocenters. The quantitative estimate of drug-likeness (QED) is 0.430. The van der Waals surface area contributed by atoms with Crippen molar-refractivity contribution in [1.82, 2.24) is 9.97 Å². The van der Waals surface area contributed by atoms with Gasteiger partial charge in [0.2, 0.25) is 0 Å². The van der Waals surface area contributed by atoms with Gasteiger partial charge in [-0.05, 0) is 30.4 Å². The van der Waals surface area contributed by atoms with Crippen LogP contribution in [0.1, 0.15) is 27.9 Å². The van der Waals surface area contributed by atoms with Gasteiger partial charge in [0, 0.05) is 10.9 Å². The van der Waals surface area contributed by atoms with Crippen molar-refractivity contribution in [2.75, 3.05) is 5.32 Å². The van der Waals surface area contributed by atoms with Crippen LogP contribution < -0.4 is 5.32 Å². The summed E-state index contributed by atoms with van der Waals surface area (Å²) in [7, 11) is 0. The molecule has 1 aromatic carbocycles. The van der Waals surface area contributed by atoms with E-state index in [9.17, 15) is 4.79 Å². The highest BCUT2D eigenvalue weighted by atomic mass is 32.1. The molecule has 0 aliphatic carbocycles. The van der Waals surface area contributed by atoms with Crippen LogP contribution >= 0.6 is 34.0 Å². The molecule has 136 valence electrons. The first-order valence-electron chi connectivity index (χ1n) is 8.51. The number of nitrogens with zero attached hydrogens (tertiary/aromatic N) is 2. The molecule has 0 saturated carbocycles. The Labute approximate surface area is 169 Å². The van der Waals surface area contributed by atoms with E-state index in [1.54, 1.807) is 11.3 Å². The van der Waals surface area contributed by atoms with E-state index in [1.807, 2.05) is 29.8 Å². The number of aryl methyl sites for hydroxylation is 2. The number of benzene rings is 1. The zero-order valence-corrected chi connectivity index (χ0v) is 17.3. The molecule has 7 heteroatoms. The summed E-state index contributed by atoms with van der Waals surface area (Å²) in [5.41, 5.74) is 3.97. The van der Waals surface area contributed by atoms with E-state index in [0.29, 0.717) is 10.0 Å². The Morgan fingerprint density at radius 1 is 1.11 bits per heavy atom. The largest absolute Gasteiger partial charge is 0.297 e. The van der Waals surface area contributed by atoms with E-state index in [1.165, 1.54) is 28.2 Å². The Morgan fingerprint density at radius 2 is 1.93 bits per heavy atom. The van der Waals surface area contributed by atoms with Crippen molar-refractivity contribution >= 4 is 45.0 Å². The number of hydrogen-bond acceptors (Lipinski definition) is 6. The Hall–Kier alpha value is -2.35. The lowest BCUT2D eigenvalue weighted by Gasteiger charge is -2.00. The summed E-state index contributed by atoms with van der Waals surface area (Å²) in [4.78, 5) is 23.5. The highest BCUT2D eigenvalue weighted by Crippen LogP contribution is 2.32. The molecule has 0 fully saturated rings. The molecular weight excluding hydrogens is 394 g/mol. The van der Waals surface area contributed by atoms with Crippen molar-refractivity contribution < 1.29 is 4.79 Å². The molecule has 0 aliphatic rings. The summed E-state index contributed by atoms with van der Waals surface area (Å²) in [5, 5.41) is 8.36. The van der Waals surface area contributed by atoms with Crippen molar-refractivity contribution in [1.29, 1.82) is 0 Å². The zero-order valence-electron chi connectivity index (χ0n) is 14.9. The second-order valence-electron chi connectivity index (χ2n) is 5.95. The van der Waals surface area contributed by atoms with Crippen LogP contribution in [0.25, 0.3) is 21.1 Å². The van der Waals surface area contributed by atoms with Crippen molar-refractivity contribution in [2.45, 2.75) is 20.3 Å². The van der Waals surface area contributed by atoms with E-state index in [-0.39, 0.29) is 5.91 Å². The summed E-state index contributed by atoms with van der Waals surface area (Å²) in [6.45, 7) is 4.00. The highest BCUT2D eigenvalue weighted by molar-refractivity contribution is 7.22. The van der Waals surface area contributed by atoms with Gasteiger partial charge in [-0.15, -0.1) is 34.0 Å². The monoisotopic (exact) mass is 411 g/mol. The molecule has 4 nitrogen and oxygen atoms in total. The van der Waals surface area contributed by atoms with Gasteiger partial charge in [-0.1, -0.05) is 37.3 Å². The topological polar surface area (TPSA) is 54.9 Å². The SMILES string of the molecule is CCc1ccc(-c2csc(NC(=O)c3sc(-c4cccs4)nc3C)n2)cc1. The Bertz CT molecular complexity index is 1060. The standard InChI is InChI=1S/C20H17N3OS3/c1-3-13-6-8-14(9-7-13)15-11-26-20(22-15)23-18(24)17-12(2)21-19(27-17)16-5-4-10-25-16/h4-11H,3H2,1-2H3,(H,22,23,24). The number of thiazole rings is 2. The molecule has 0 saturated heterocycles. The minimum Gasteiger partial charge on any atom is -0.297 e. The van der Waals surface area contributed by atoms with Crippen LogP contribution in [-0.4, -0.2) is 15.9 Å². The molecule has 27 heavy (non-hydrogen) atoms. The van der Waals surface area contributed by atoms with Crippen LogP contribution in [0.3, 0.4) is 0 Å². The van der Waals surface area contributed by atoms with Crippen molar-refractivity contribution in [3.8, 4) is 21.1 Å². The van der Waals surface area contributed by atoms with Gasteiger partial charge in [0.05, 0.1) is 16.3 Å². The lowest BCUT2D eigenvalue weighted by Crippen LogP contribution is -2.11. The number of carbonyl (C=O) groups is 1. The highest BCUT2D eigenvalue weighted by Gasteiger charge is 2.18. The molecule has 3 heterocycles. The van der Waals surface area contributed by atoms with E-state index in [2.05, 4.69) is 46.5 Å². The number of anilines is 1. The summed E-state index contributed by atoms with van der Waals surface area (Å²) in [6, 6.07) is 12.4. The second kappa shape index (κ2) is 7.72. The molecule has 4 rings (SSSR count). The van der Waals surface area contributed by atoms with Gasteiger partial charge >= 0.3 is 0 Å². The molecular formula is C20H17N3OS3. The van der Waals surface area contributed by atoms with Gasteiger partial charge in [-0.3, -0.25) is 10.1 Å². The maximum absolute atomic E-state index is 12.7. The van der Waals surface area contributed by atoms with Crippen molar-refractivity contribution in [2.24, 2.45) is 0 Å². The van der Waals surface area contributed by atoms with E-state index in [4.69, 9.17) is 0 Å². The van der Waals surface area contributed by atoms with Gasteiger partial charge in [-0.2, -0.15) is 0 Å². The van der Waals surface area contributed by atoms with Gasteiger partial charge in [0.15, 0.2) is 5.13 Å². The molecule has 4 aromatic rings. The van der Waals surface area contributed by atoms with Crippen LogP contribution in [-0.2, 0) is 6.42 Å². The zero-order chi connectivity index (χ0) is 18.8. The molecule has 0 aliphatic heterocycles. The normalized spacial score (nSPS) is 10.9. The van der Waals surface area contributed by atoms with Gasteiger partial charge < -0.3 is 0 Å². The lowest BCUT2D eigenvalue weighted by atomic mass is 10.1. The Morgan fingerprint density at radius 3 is 2.63 bits per heavy atom. The summed E-state index contributed by atoms with van der Waals surface area (Å²) < 4.78 is 0. The smallest absolute Gasteiger partial charge is 0.269 e. The van der Waals surface area contributed by atoms with Crippen molar-refractivity contribution in [3.63, 3.8) is 0 Å². The van der Waals surface area contributed by atoms with Crippen LogP contribution in [0, 0.1) is 6.92 Å². The van der Waals surface area contributed by atoms with Crippen LogP contribution in [0.5, 0.6) is 0 Å². The number of hydrogen-bond donors (Lipinski definition) is 1. The molecule has 1 N–H and O–H groups in total. The fraction of sp³-hybridized carbons (Fsp3) is 0.150. The first-order valence-corrected chi connectivity index (χ1v) is 11.1. The van der Waals surface area contributed by atoms with Crippen LogP contribution in [0.2, 0.25) is 0 Å². The molecule has 0 radical (unpaired) electrons. The molecule has 0 spiro atoms. The third-order valence-electron chi connectivity index (χ3n) is 4.12. The molecule has 0 atom stereocenters. The van der Waals surface area contributed by atoms with E-state index < -0.39 is 0 Å². The first-order chi connectivity index (χ1) is 13.1. The predicted molar refractivity (Wildman–Crippen MR) is 115 cm³/mol. The first kappa shape index (κ1) is 18.0. The maximum Gasteiger partial charge on any atom is 0.269 e. The minimum absolute atomic E-state index is 0.157. The molecule has 1 amide bonds.